The molecule has 3 saturated heterocycles. The van der Waals surface area contributed by atoms with E-state index >= 15 is 0 Å². The molecule has 1 aromatic carbocycles. The first-order chi connectivity index (χ1) is 13.7. The van der Waals surface area contributed by atoms with Crippen LogP contribution in [0.1, 0.15) is 29.6 Å². The van der Waals surface area contributed by atoms with Crippen molar-refractivity contribution in [1.29, 1.82) is 0 Å². The van der Waals surface area contributed by atoms with Crippen LogP contribution in [0.2, 0.25) is 0 Å². The van der Waals surface area contributed by atoms with Crippen molar-refractivity contribution in [3.63, 3.8) is 0 Å². The molecule has 1 amide bonds. The SMILES string of the molecule is O=C(N[C@@H]1C[C@H]2CC[C@@H]1N2)c1ccc(Oc2cc(N3CCOCC3)sn2)cc1. The van der Waals surface area contributed by atoms with E-state index in [1.165, 1.54) is 18.0 Å². The van der Waals surface area contributed by atoms with Crippen molar-refractivity contribution in [2.75, 3.05) is 31.2 Å². The molecule has 7 nitrogen and oxygen atoms in total. The van der Waals surface area contributed by atoms with Crippen LogP contribution >= 0.6 is 11.5 Å². The molecule has 0 saturated carbocycles. The minimum absolute atomic E-state index is 0.0193. The summed E-state index contributed by atoms with van der Waals surface area (Å²) >= 11 is 1.43. The number of benzene rings is 1. The third kappa shape index (κ3) is 3.72. The van der Waals surface area contributed by atoms with Crippen LogP contribution in [0, 0.1) is 0 Å². The second kappa shape index (κ2) is 7.69. The fraction of sp³-hybridized carbons (Fsp3) is 0.500. The molecule has 1 aromatic heterocycles. The van der Waals surface area contributed by atoms with Gasteiger partial charge in [0.25, 0.3) is 5.91 Å². The number of nitrogens with one attached hydrogen (secondary N) is 2. The van der Waals surface area contributed by atoms with E-state index in [9.17, 15) is 4.79 Å². The van der Waals surface area contributed by atoms with Gasteiger partial charge in [-0.05, 0) is 55.1 Å². The van der Waals surface area contributed by atoms with Crippen molar-refractivity contribution < 1.29 is 14.3 Å². The molecule has 3 aliphatic rings. The van der Waals surface area contributed by atoms with Gasteiger partial charge in [-0.25, -0.2) is 0 Å². The zero-order valence-electron chi connectivity index (χ0n) is 15.6. The summed E-state index contributed by atoms with van der Waals surface area (Å²) in [4.78, 5) is 14.8. The first-order valence-electron chi connectivity index (χ1n) is 9.89. The molecule has 148 valence electrons. The summed E-state index contributed by atoms with van der Waals surface area (Å²) in [6, 6.07) is 10.5. The minimum Gasteiger partial charge on any atom is -0.438 e. The Labute approximate surface area is 168 Å². The molecular weight excluding hydrogens is 376 g/mol. The molecule has 0 aliphatic carbocycles. The summed E-state index contributed by atoms with van der Waals surface area (Å²) in [5.74, 6) is 1.24. The number of rotatable bonds is 5. The number of fused-ring (bicyclic) bond motifs is 2. The maximum atomic E-state index is 12.5. The summed E-state index contributed by atoms with van der Waals surface area (Å²) in [6.07, 6.45) is 3.42. The van der Waals surface area contributed by atoms with Gasteiger partial charge in [-0.1, -0.05) is 0 Å². The Bertz CT molecular complexity index is 834. The monoisotopic (exact) mass is 400 g/mol. The predicted molar refractivity (Wildman–Crippen MR) is 107 cm³/mol. The van der Waals surface area contributed by atoms with E-state index in [4.69, 9.17) is 9.47 Å². The zero-order valence-corrected chi connectivity index (χ0v) is 16.4. The van der Waals surface area contributed by atoms with Gasteiger partial charge < -0.3 is 25.0 Å². The van der Waals surface area contributed by atoms with E-state index in [-0.39, 0.29) is 11.9 Å². The molecular formula is C20H24N4O3S. The summed E-state index contributed by atoms with van der Waals surface area (Å²) < 4.78 is 15.6. The van der Waals surface area contributed by atoms with E-state index in [1.54, 1.807) is 12.1 Å². The molecule has 0 radical (unpaired) electrons. The van der Waals surface area contributed by atoms with Crippen LogP contribution < -0.4 is 20.3 Å². The lowest BCUT2D eigenvalue weighted by Gasteiger charge is -2.26. The molecule has 3 atom stereocenters. The van der Waals surface area contributed by atoms with E-state index in [0.717, 1.165) is 44.1 Å². The van der Waals surface area contributed by atoms with Crippen LogP contribution in [-0.2, 0) is 4.74 Å². The Hall–Kier alpha value is -2.16. The van der Waals surface area contributed by atoms with Crippen molar-refractivity contribution in [3.05, 3.63) is 35.9 Å². The fourth-order valence-electron chi connectivity index (χ4n) is 4.26. The highest BCUT2D eigenvalue weighted by molar-refractivity contribution is 7.10. The van der Waals surface area contributed by atoms with Crippen molar-refractivity contribution in [2.24, 2.45) is 0 Å². The average molecular weight is 401 g/mol. The topological polar surface area (TPSA) is 75.7 Å². The first-order valence-corrected chi connectivity index (χ1v) is 10.7. The number of aromatic nitrogens is 1. The third-order valence-electron chi connectivity index (χ3n) is 5.75. The molecule has 2 bridgehead atoms. The predicted octanol–water partition coefficient (Wildman–Crippen LogP) is 2.39. The lowest BCUT2D eigenvalue weighted by molar-refractivity contribution is 0.0931. The highest BCUT2D eigenvalue weighted by Crippen LogP contribution is 2.30. The van der Waals surface area contributed by atoms with Gasteiger partial charge in [0.2, 0.25) is 5.88 Å². The van der Waals surface area contributed by atoms with Gasteiger partial charge in [0.1, 0.15) is 10.8 Å². The van der Waals surface area contributed by atoms with Crippen molar-refractivity contribution in [3.8, 4) is 11.6 Å². The maximum Gasteiger partial charge on any atom is 0.251 e. The summed E-state index contributed by atoms with van der Waals surface area (Å²) in [6.45, 7) is 3.25. The zero-order chi connectivity index (χ0) is 18.9. The number of carbonyl (C=O) groups is 1. The van der Waals surface area contributed by atoms with Gasteiger partial charge in [0.05, 0.1) is 13.2 Å². The summed E-state index contributed by atoms with van der Waals surface area (Å²) in [5, 5.41) is 7.80. The Balaban J connectivity index is 1.18. The molecule has 5 rings (SSSR count). The van der Waals surface area contributed by atoms with E-state index in [2.05, 4.69) is 19.9 Å². The minimum atomic E-state index is -0.0193. The number of carbonyl (C=O) groups excluding carboxylic acids is 1. The van der Waals surface area contributed by atoms with Gasteiger partial charge in [0.15, 0.2) is 0 Å². The van der Waals surface area contributed by atoms with Gasteiger partial charge in [0, 0.05) is 42.8 Å². The lowest BCUT2D eigenvalue weighted by atomic mass is 9.95. The van der Waals surface area contributed by atoms with E-state index in [0.29, 0.717) is 29.3 Å². The van der Waals surface area contributed by atoms with Gasteiger partial charge in [-0.2, -0.15) is 4.37 Å². The number of hydrogen-bond acceptors (Lipinski definition) is 7. The second-order valence-corrected chi connectivity index (χ2v) is 8.38. The van der Waals surface area contributed by atoms with Crippen molar-refractivity contribution in [2.45, 2.75) is 37.4 Å². The largest absolute Gasteiger partial charge is 0.438 e. The number of hydrogen-bond donors (Lipinski definition) is 2. The van der Waals surface area contributed by atoms with Crippen molar-refractivity contribution >= 4 is 22.4 Å². The van der Waals surface area contributed by atoms with Crippen LogP contribution in [0.5, 0.6) is 11.6 Å². The lowest BCUT2D eigenvalue weighted by Crippen LogP contribution is -2.42. The Morgan fingerprint density at radius 2 is 2.07 bits per heavy atom. The van der Waals surface area contributed by atoms with Gasteiger partial charge >= 0.3 is 0 Å². The maximum absolute atomic E-state index is 12.5. The average Bonchev–Trinajstić information content (AvgIpc) is 3.46. The summed E-state index contributed by atoms with van der Waals surface area (Å²) in [7, 11) is 0. The number of ether oxygens (including phenoxy) is 2. The molecule has 28 heavy (non-hydrogen) atoms. The molecule has 8 heteroatoms. The first kappa shape index (κ1) is 17.9. The van der Waals surface area contributed by atoms with Crippen LogP contribution in [0.3, 0.4) is 0 Å². The van der Waals surface area contributed by atoms with E-state index < -0.39 is 0 Å². The molecule has 0 spiro atoms. The van der Waals surface area contributed by atoms with Crippen molar-refractivity contribution in [1.82, 2.24) is 15.0 Å². The van der Waals surface area contributed by atoms with Gasteiger partial charge in [-0.15, -0.1) is 0 Å². The van der Waals surface area contributed by atoms with Crippen LogP contribution in [0.25, 0.3) is 0 Å². The number of nitrogens with zero attached hydrogens (tertiary/aromatic N) is 2. The second-order valence-electron chi connectivity index (χ2n) is 7.59. The molecule has 0 unspecified atom stereocenters. The smallest absolute Gasteiger partial charge is 0.251 e. The van der Waals surface area contributed by atoms with Crippen LogP contribution in [0.4, 0.5) is 5.00 Å². The highest BCUT2D eigenvalue weighted by atomic mass is 32.1. The van der Waals surface area contributed by atoms with E-state index in [1.807, 2.05) is 18.2 Å². The molecule has 2 N–H and O–H groups in total. The van der Waals surface area contributed by atoms with Crippen LogP contribution in [0.15, 0.2) is 30.3 Å². The van der Waals surface area contributed by atoms with Gasteiger partial charge in [-0.3, -0.25) is 4.79 Å². The Morgan fingerprint density at radius 3 is 2.79 bits per heavy atom. The Morgan fingerprint density at radius 1 is 1.25 bits per heavy atom. The molecule has 3 aliphatic heterocycles. The number of morpholine rings is 1. The normalized spacial score (nSPS) is 26.4. The highest BCUT2D eigenvalue weighted by Gasteiger charge is 2.39. The fourth-order valence-corrected chi connectivity index (χ4v) is 4.99. The number of anilines is 1. The quantitative estimate of drug-likeness (QED) is 0.803. The molecule has 4 heterocycles. The standard InChI is InChI=1S/C20H24N4O3S/c25-20(22-17-11-14-3-6-16(17)21-14)13-1-4-15(5-2-13)27-18-12-19(28-23-18)24-7-9-26-10-8-24/h1-2,4-5,12,14,16-17,21H,3,6-11H2,(H,22,25)/t14-,16+,17-/m1/s1. The molecule has 2 aromatic rings. The molecule has 3 fully saturated rings. The van der Waals surface area contributed by atoms with Crippen LogP contribution in [-0.4, -0.2) is 54.7 Å². The number of amides is 1. The third-order valence-corrected chi connectivity index (χ3v) is 6.59. The summed E-state index contributed by atoms with van der Waals surface area (Å²) in [5.41, 5.74) is 0.655. The Kier molecular flexibility index (Phi) is 4.92.